The molecular weight excluding hydrogens is 224 g/mol. The van der Waals surface area contributed by atoms with Gasteiger partial charge in [-0.1, -0.05) is 24.6 Å². The van der Waals surface area contributed by atoms with E-state index in [1.165, 1.54) is 32.1 Å². The first-order valence-corrected chi connectivity index (χ1v) is 7.31. The summed E-state index contributed by atoms with van der Waals surface area (Å²) in [6, 6.07) is 0. The van der Waals surface area contributed by atoms with Gasteiger partial charge < -0.3 is 5.11 Å². The highest BCUT2D eigenvalue weighted by molar-refractivity contribution is 5.86. The summed E-state index contributed by atoms with van der Waals surface area (Å²) in [5.41, 5.74) is 2.10. The van der Waals surface area contributed by atoms with E-state index in [1.807, 2.05) is 13.0 Å². The van der Waals surface area contributed by atoms with E-state index in [0.717, 1.165) is 23.7 Å². The van der Waals surface area contributed by atoms with Gasteiger partial charge in [0.2, 0.25) is 0 Å². The lowest BCUT2D eigenvalue weighted by molar-refractivity contribution is -0.132. The number of carboxylic acids is 1. The minimum atomic E-state index is -0.766. The third kappa shape index (κ3) is 2.02. The summed E-state index contributed by atoms with van der Waals surface area (Å²) in [4.78, 5) is 11.0. The van der Waals surface area contributed by atoms with Gasteiger partial charge in [0.25, 0.3) is 0 Å². The van der Waals surface area contributed by atoms with Crippen molar-refractivity contribution >= 4 is 5.97 Å². The quantitative estimate of drug-likeness (QED) is 0.769. The Labute approximate surface area is 109 Å². The minimum absolute atomic E-state index is 0.538. The van der Waals surface area contributed by atoms with E-state index in [9.17, 15) is 4.79 Å². The van der Waals surface area contributed by atoms with Crippen molar-refractivity contribution in [1.29, 1.82) is 0 Å². The molecule has 18 heavy (non-hydrogen) atoms. The lowest BCUT2D eigenvalue weighted by Gasteiger charge is -2.51. The molecule has 0 unspecified atom stereocenters. The van der Waals surface area contributed by atoms with Gasteiger partial charge in [-0.2, -0.15) is 0 Å². The molecule has 2 heteroatoms. The molecule has 0 aromatic heterocycles. The van der Waals surface area contributed by atoms with Crippen LogP contribution in [0, 0.1) is 23.7 Å². The number of carboxylic acid groups (broad SMARTS) is 1. The summed E-state index contributed by atoms with van der Waals surface area (Å²) in [5.74, 6) is 2.71. The molecule has 0 amide bonds. The molecule has 0 saturated heterocycles. The molecule has 4 fully saturated rings. The van der Waals surface area contributed by atoms with Crippen molar-refractivity contribution in [2.24, 2.45) is 23.7 Å². The van der Waals surface area contributed by atoms with Crippen LogP contribution >= 0.6 is 0 Å². The highest BCUT2D eigenvalue weighted by Crippen LogP contribution is 2.56. The lowest BCUT2D eigenvalue weighted by atomic mass is 9.54. The van der Waals surface area contributed by atoms with Crippen molar-refractivity contribution in [1.82, 2.24) is 0 Å². The zero-order valence-electron chi connectivity index (χ0n) is 11.1. The van der Waals surface area contributed by atoms with Crippen LogP contribution in [0.5, 0.6) is 0 Å². The highest BCUT2D eigenvalue weighted by Gasteiger charge is 2.44. The summed E-state index contributed by atoms with van der Waals surface area (Å²) >= 11 is 0. The maximum absolute atomic E-state index is 11.0. The van der Waals surface area contributed by atoms with Gasteiger partial charge in [-0.05, 0) is 62.2 Å². The van der Waals surface area contributed by atoms with Gasteiger partial charge in [0, 0.05) is 5.57 Å². The Hall–Kier alpha value is -1.05. The molecule has 4 rings (SSSR count). The summed E-state index contributed by atoms with van der Waals surface area (Å²) in [6.07, 6.45) is 11.5. The zero-order chi connectivity index (χ0) is 12.7. The number of aliphatic carboxylic acids is 1. The Morgan fingerprint density at radius 2 is 1.72 bits per heavy atom. The average Bonchev–Trinajstić information content (AvgIpc) is 2.31. The second-order valence-electron chi connectivity index (χ2n) is 6.32. The number of carbonyl (C=O) groups is 1. The predicted molar refractivity (Wildman–Crippen MR) is 71.1 cm³/mol. The fourth-order valence-corrected chi connectivity index (χ4v) is 4.54. The topological polar surface area (TPSA) is 37.3 Å². The number of rotatable bonds is 3. The fraction of sp³-hybridized carbons (Fsp3) is 0.688. The third-order valence-electron chi connectivity index (χ3n) is 5.21. The highest BCUT2D eigenvalue weighted by atomic mass is 16.4. The number of allylic oxidation sites excluding steroid dienone is 3. The lowest BCUT2D eigenvalue weighted by Crippen LogP contribution is -2.40. The SMILES string of the molecule is CCC(=CC=C1C2CC3CC(C2)CC1C3)C(=O)O. The summed E-state index contributed by atoms with van der Waals surface area (Å²) in [5, 5.41) is 9.06. The Balaban J connectivity index is 1.82. The molecule has 0 spiro atoms. The van der Waals surface area contributed by atoms with E-state index in [2.05, 4.69) is 6.08 Å². The Morgan fingerprint density at radius 3 is 2.17 bits per heavy atom. The van der Waals surface area contributed by atoms with Crippen LogP contribution in [0.15, 0.2) is 23.3 Å². The van der Waals surface area contributed by atoms with Gasteiger partial charge in [-0.25, -0.2) is 4.79 Å². The molecule has 0 aromatic carbocycles. The van der Waals surface area contributed by atoms with E-state index in [-0.39, 0.29) is 0 Å². The van der Waals surface area contributed by atoms with Gasteiger partial charge in [0.15, 0.2) is 0 Å². The van der Waals surface area contributed by atoms with Crippen molar-refractivity contribution in [3.8, 4) is 0 Å². The standard InChI is InChI=1S/C16H22O2/c1-2-12(16(17)18)3-4-15-13-6-10-5-11(8-13)9-14(15)7-10/h3-4,10-11,13-14H,2,5-9H2,1H3,(H,17,18). The van der Waals surface area contributed by atoms with Crippen molar-refractivity contribution in [3.63, 3.8) is 0 Å². The molecule has 4 saturated carbocycles. The smallest absolute Gasteiger partial charge is 0.331 e. The van der Waals surface area contributed by atoms with Crippen LogP contribution < -0.4 is 0 Å². The molecule has 4 bridgehead atoms. The van der Waals surface area contributed by atoms with Crippen molar-refractivity contribution in [2.75, 3.05) is 0 Å². The Kier molecular flexibility index (Phi) is 3.04. The van der Waals surface area contributed by atoms with Gasteiger partial charge in [-0.3, -0.25) is 0 Å². The molecular formula is C16H22O2. The van der Waals surface area contributed by atoms with E-state index in [0.29, 0.717) is 12.0 Å². The van der Waals surface area contributed by atoms with Gasteiger partial charge in [0.05, 0.1) is 0 Å². The Bertz CT molecular complexity index is 387. The molecule has 0 heterocycles. The maximum atomic E-state index is 11.0. The van der Waals surface area contributed by atoms with Crippen LogP contribution in [0.1, 0.15) is 45.4 Å². The van der Waals surface area contributed by atoms with Crippen LogP contribution in [0.2, 0.25) is 0 Å². The first-order chi connectivity index (χ1) is 8.67. The van der Waals surface area contributed by atoms with Crippen LogP contribution in [-0.4, -0.2) is 11.1 Å². The zero-order valence-corrected chi connectivity index (χ0v) is 11.1. The largest absolute Gasteiger partial charge is 0.478 e. The second-order valence-corrected chi connectivity index (χ2v) is 6.32. The van der Waals surface area contributed by atoms with Crippen LogP contribution in [-0.2, 0) is 4.79 Å². The average molecular weight is 246 g/mol. The van der Waals surface area contributed by atoms with E-state index in [1.54, 1.807) is 5.57 Å². The normalized spacial score (nSPS) is 38.1. The van der Waals surface area contributed by atoms with Gasteiger partial charge in [0.1, 0.15) is 0 Å². The van der Waals surface area contributed by atoms with Crippen LogP contribution in [0.25, 0.3) is 0 Å². The molecule has 0 aromatic rings. The Morgan fingerprint density at radius 1 is 1.17 bits per heavy atom. The first-order valence-electron chi connectivity index (χ1n) is 7.31. The van der Waals surface area contributed by atoms with Gasteiger partial charge in [-0.15, -0.1) is 0 Å². The van der Waals surface area contributed by atoms with Crippen LogP contribution in [0.3, 0.4) is 0 Å². The maximum Gasteiger partial charge on any atom is 0.331 e. The molecule has 0 aliphatic heterocycles. The molecule has 1 N–H and O–H groups in total. The fourth-order valence-electron chi connectivity index (χ4n) is 4.54. The molecule has 2 nitrogen and oxygen atoms in total. The summed E-state index contributed by atoms with van der Waals surface area (Å²) in [6.45, 7) is 1.91. The van der Waals surface area contributed by atoms with Crippen molar-refractivity contribution in [2.45, 2.75) is 45.4 Å². The summed E-state index contributed by atoms with van der Waals surface area (Å²) in [7, 11) is 0. The second kappa shape index (κ2) is 4.56. The van der Waals surface area contributed by atoms with E-state index in [4.69, 9.17) is 5.11 Å². The predicted octanol–water partition coefficient (Wildman–Crippen LogP) is 3.79. The van der Waals surface area contributed by atoms with Crippen molar-refractivity contribution < 1.29 is 9.90 Å². The minimum Gasteiger partial charge on any atom is -0.478 e. The first kappa shape index (κ1) is 12.0. The van der Waals surface area contributed by atoms with Gasteiger partial charge >= 0.3 is 5.97 Å². The monoisotopic (exact) mass is 246 g/mol. The molecule has 98 valence electrons. The summed E-state index contributed by atoms with van der Waals surface area (Å²) < 4.78 is 0. The van der Waals surface area contributed by atoms with Crippen LogP contribution in [0.4, 0.5) is 0 Å². The molecule has 0 atom stereocenters. The van der Waals surface area contributed by atoms with E-state index >= 15 is 0 Å². The van der Waals surface area contributed by atoms with E-state index < -0.39 is 5.97 Å². The molecule has 4 aliphatic carbocycles. The molecule has 0 radical (unpaired) electrons. The van der Waals surface area contributed by atoms with Crippen molar-refractivity contribution in [3.05, 3.63) is 23.3 Å². The number of hydrogen-bond donors (Lipinski definition) is 1. The third-order valence-corrected chi connectivity index (χ3v) is 5.21. The molecule has 4 aliphatic rings. The number of hydrogen-bond acceptors (Lipinski definition) is 1.